The van der Waals surface area contributed by atoms with Crippen LogP contribution >= 0.6 is 0 Å². The van der Waals surface area contributed by atoms with Crippen molar-refractivity contribution in [1.29, 1.82) is 0 Å². The zero-order valence-corrected chi connectivity index (χ0v) is 11.7. The molecule has 2 aliphatic rings. The average molecular weight is 241 g/mol. The lowest BCUT2D eigenvalue weighted by Gasteiger charge is -2.33. The van der Waals surface area contributed by atoms with Crippen molar-refractivity contribution in [1.82, 2.24) is 4.90 Å². The Hall–Kier alpha value is -0.120. The zero-order chi connectivity index (χ0) is 12.7. The second-order valence-corrected chi connectivity index (χ2v) is 6.85. The van der Waals surface area contributed by atoms with Crippen molar-refractivity contribution in [2.24, 2.45) is 5.92 Å². The maximum Gasteiger partial charge on any atom is 0.0789 e. The Morgan fingerprint density at radius 1 is 1.29 bits per heavy atom. The van der Waals surface area contributed by atoms with E-state index in [-0.39, 0.29) is 11.2 Å². The number of hydrogen-bond donors (Lipinski definition) is 1. The van der Waals surface area contributed by atoms with Crippen molar-refractivity contribution in [3.8, 4) is 0 Å². The van der Waals surface area contributed by atoms with Gasteiger partial charge in [-0.3, -0.25) is 4.90 Å². The van der Waals surface area contributed by atoms with Crippen LogP contribution in [-0.2, 0) is 4.74 Å². The molecule has 100 valence electrons. The minimum absolute atomic E-state index is 0.00321. The van der Waals surface area contributed by atoms with Crippen LogP contribution < -0.4 is 0 Å². The minimum atomic E-state index is -0.0440. The third-order valence-electron chi connectivity index (χ3n) is 4.32. The van der Waals surface area contributed by atoms with Crippen molar-refractivity contribution in [2.45, 2.75) is 64.2 Å². The third kappa shape index (κ3) is 2.83. The fourth-order valence-corrected chi connectivity index (χ4v) is 3.67. The van der Waals surface area contributed by atoms with E-state index in [0.29, 0.717) is 18.6 Å². The van der Waals surface area contributed by atoms with Gasteiger partial charge in [-0.25, -0.2) is 0 Å². The second kappa shape index (κ2) is 4.52. The van der Waals surface area contributed by atoms with E-state index in [2.05, 4.69) is 32.6 Å². The van der Waals surface area contributed by atoms with E-state index in [1.54, 1.807) is 0 Å². The van der Waals surface area contributed by atoms with Gasteiger partial charge in [0.1, 0.15) is 0 Å². The quantitative estimate of drug-likeness (QED) is 0.820. The fourth-order valence-electron chi connectivity index (χ4n) is 3.67. The van der Waals surface area contributed by atoms with Crippen molar-refractivity contribution < 1.29 is 9.84 Å². The normalized spacial score (nSPS) is 36.5. The van der Waals surface area contributed by atoms with Crippen molar-refractivity contribution in [3.05, 3.63) is 0 Å². The fraction of sp³-hybridized carbons (Fsp3) is 1.00. The number of hydrogen-bond acceptors (Lipinski definition) is 3. The number of nitrogens with zero attached hydrogens (tertiary/aromatic N) is 1. The summed E-state index contributed by atoms with van der Waals surface area (Å²) in [4.78, 5) is 2.58. The molecule has 2 rings (SSSR count). The predicted molar refractivity (Wildman–Crippen MR) is 69.0 cm³/mol. The highest BCUT2D eigenvalue weighted by molar-refractivity contribution is 5.01. The highest BCUT2D eigenvalue weighted by Crippen LogP contribution is 2.41. The number of rotatable bonds is 3. The Labute approximate surface area is 105 Å². The first-order valence-electron chi connectivity index (χ1n) is 6.89. The van der Waals surface area contributed by atoms with Gasteiger partial charge >= 0.3 is 0 Å². The van der Waals surface area contributed by atoms with E-state index in [4.69, 9.17) is 9.84 Å². The molecule has 0 aromatic carbocycles. The van der Waals surface area contributed by atoms with Gasteiger partial charge in [0.25, 0.3) is 0 Å². The number of aliphatic hydroxyl groups excluding tert-OH is 1. The molecule has 3 nitrogen and oxygen atoms in total. The molecular weight excluding hydrogens is 214 g/mol. The van der Waals surface area contributed by atoms with Crippen molar-refractivity contribution >= 4 is 0 Å². The molecule has 0 amide bonds. The van der Waals surface area contributed by atoms with Crippen LogP contribution in [0.3, 0.4) is 0 Å². The maximum atomic E-state index is 9.02. The monoisotopic (exact) mass is 241 g/mol. The topological polar surface area (TPSA) is 32.7 Å². The molecule has 2 unspecified atom stereocenters. The van der Waals surface area contributed by atoms with E-state index in [9.17, 15) is 0 Å². The third-order valence-corrected chi connectivity index (χ3v) is 4.32. The number of likely N-dealkylation sites (tertiary alicyclic amines) is 1. The first kappa shape index (κ1) is 13.3. The molecule has 0 radical (unpaired) electrons. The van der Waals surface area contributed by atoms with Gasteiger partial charge in [-0.15, -0.1) is 0 Å². The Morgan fingerprint density at radius 3 is 2.53 bits per heavy atom. The van der Waals surface area contributed by atoms with Crippen LogP contribution in [-0.4, -0.2) is 46.9 Å². The second-order valence-electron chi connectivity index (χ2n) is 6.85. The number of aliphatic hydroxyl groups is 1. The van der Waals surface area contributed by atoms with E-state index in [1.165, 1.54) is 6.42 Å². The Bertz CT molecular complexity index is 275. The van der Waals surface area contributed by atoms with Crippen molar-refractivity contribution in [2.75, 3.05) is 19.7 Å². The summed E-state index contributed by atoms with van der Waals surface area (Å²) in [6.45, 7) is 11.4. The molecule has 0 aromatic rings. The summed E-state index contributed by atoms with van der Waals surface area (Å²) in [6, 6.07) is 0.529. The lowest BCUT2D eigenvalue weighted by molar-refractivity contribution is -0.0791. The van der Waals surface area contributed by atoms with Crippen LogP contribution in [0.5, 0.6) is 0 Å². The molecule has 2 aliphatic heterocycles. The smallest absolute Gasteiger partial charge is 0.0789 e. The molecule has 0 bridgehead atoms. The van der Waals surface area contributed by atoms with Crippen LogP contribution in [0.1, 0.15) is 47.0 Å². The van der Waals surface area contributed by atoms with E-state index in [0.717, 1.165) is 25.9 Å². The van der Waals surface area contributed by atoms with Gasteiger partial charge in [-0.1, -0.05) is 0 Å². The summed E-state index contributed by atoms with van der Waals surface area (Å²) in [5.41, 5.74) is -0.0408. The molecule has 0 aromatic heterocycles. The van der Waals surface area contributed by atoms with E-state index < -0.39 is 0 Å². The first-order valence-corrected chi connectivity index (χ1v) is 6.89. The highest BCUT2D eigenvalue weighted by atomic mass is 16.5. The molecule has 0 saturated carbocycles. The van der Waals surface area contributed by atoms with Gasteiger partial charge in [0, 0.05) is 19.2 Å². The molecule has 3 heteroatoms. The van der Waals surface area contributed by atoms with Crippen LogP contribution in [0.15, 0.2) is 0 Å². The Balaban J connectivity index is 1.99. The maximum absolute atomic E-state index is 9.02. The minimum Gasteiger partial charge on any atom is -0.396 e. The predicted octanol–water partition coefficient (Wildman–Crippen LogP) is 2.04. The van der Waals surface area contributed by atoms with E-state index in [1.807, 2.05) is 0 Å². The summed E-state index contributed by atoms with van der Waals surface area (Å²) in [5, 5.41) is 9.02. The SMILES string of the molecule is CC1(C)CC(N2CCC(CCO)C2)C(C)(C)O1. The largest absolute Gasteiger partial charge is 0.396 e. The van der Waals surface area contributed by atoms with Gasteiger partial charge < -0.3 is 9.84 Å². The van der Waals surface area contributed by atoms with Gasteiger partial charge in [0.2, 0.25) is 0 Å². The summed E-state index contributed by atoms with van der Waals surface area (Å²) >= 11 is 0. The van der Waals surface area contributed by atoms with Crippen LogP contribution in [0, 0.1) is 5.92 Å². The molecule has 2 atom stereocenters. The molecule has 1 N–H and O–H groups in total. The van der Waals surface area contributed by atoms with E-state index >= 15 is 0 Å². The molecular formula is C14H27NO2. The standard InChI is InChI=1S/C14H27NO2/c1-13(2)9-12(14(3,4)17-13)15-7-5-11(10-15)6-8-16/h11-12,16H,5-10H2,1-4H3. The van der Waals surface area contributed by atoms with Crippen LogP contribution in [0.4, 0.5) is 0 Å². The molecule has 17 heavy (non-hydrogen) atoms. The van der Waals surface area contributed by atoms with Gasteiger partial charge in [-0.2, -0.15) is 0 Å². The Morgan fingerprint density at radius 2 is 2.00 bits per heavy atom. The molecule has 0 spiro atoms. The van der Waals surface area contributed by atoms with Crippen LogP contribution in [0.25, 0.3) is 0 Å². The molecule has 2 heterocycles. The van der Waals surface area contributed by atoms with Crippen molar-refractivity contribution in [3.63, 3.8) is 0 Å². The van der Waals surface area contributed by atoms with Gasteiger partial charge in [-0.05, 0) is 59.4 Å². The highest BCUT2D eigenvalue weighted by Gasteiger charge is 2.49. The summed E-state index contributed by atoms with van der Waals surface area (Å²) < 4.78 is 6.17. The Kier molecular flexibility index (Phi) is 3.54. The summed E-state index contributed by atoms with van der Waals surface area (Å²) in [7, 11) is 0. The number of ether oxygens (including phenoxy) is 1. The first-order chi connectivity index (χ1) is 7.84. The molecule has 0 aliphatic carbocycles. The lowest BCUT2D eigenvalue weighted by atomic mass is 9.93. The molecule has 2 saturated heterocycles. The summed E-state index contributed by atoms with van der Waals surface area (Å²) in [6.07, 6.45) is 3.30. The van der Waals surface area contributed by atoms with Gasteiger partial charge in [0.15, 0.2) is 0 Å². The van der Waals surface area contributed by atoms with Gasteiger partial charge in [0.05, 0.1) is 11.2 Å². The molecule has 2 fully saturated rings. The summed E-state index contributed by atoms with van der Waals surface area (Å²) in [5.74, 6) is 0.680. The lowest BCUT2D eigenvalue weighted by Crippen LogP contribution is -2.45. The average Bonchev–Trinajstić information content (AvgIpc) is 2.68. The zero-order valence-electron chi connectivity index (χ0n) is 11.7. The van der Waals surface area contributed by atoms with Crippen LogP contribution in [0.2, 0.25) is 0 Å².